The molecule has 0 saturated heterocycles. The molecular weight excluding hydrogens is 268 g/mol. The van der Waals surface area contributed by atoms with E-state index in [0.29, 0.717) is 4.90 Å². The third-order valence-corrected chi connectivity index (χ3v) is 7.48. The summed E-state index contributed by atoms with van der Waals surface area (Å²) in [7, 11) is -3.38. The number of sulfone groups is 1. The van der Waals surface area contributed by atoms with Crippen LogP contribution in [0.3, 0.4) is 0 Å². The average molecular weight is 286 g/mol. The Morgan fingerprint density at radius 1 is 0.800 bits per heavy atom. The standard InChI is InChI=1S/C17H18O2S/c1-13-14(2)17(13,15-9-5-3-6-10-15)20(18,19)16-11-7-4-8-12-16/h3-14H,1-2H3/t13-,14+,17+. The lowest BCUT2D eigenvalue weighted by Crippen LogP contribution is -2.24. The van der Waals surface area contributed by atoms with Gasteiger partial charge in [-0.3, -0.25) is 0 Å². The van der Waals surface area contributed by atoms with Gasteiger partial charge in [0.2, 0.25) is 0 Å². The quantitative estimate of drug-likeness (QED) is 0.863. The van der Waals surface area contributed by atoms with E-state index in [0.717, 1.165) is 5.56 Å². The largest absolute Gasteiger partial charge is 0.223 e. The summed E-state index contributed by atoms with van der Waals surface area (Å²) in [4.78, 5) is 0.417. The van der Waals surface area contributed by atoms with E-state index < -0.39 is 14.6 Å². The summed E-state index contributed by atoms with van der Waals surface area (Å²) in [6, 6.07) is 18.4. The molecule has 1 aliphatic rings. The maximum atomic E-state index is 13.1. The van der Waals surface area contributed by atoms with Crippen molar-refractivity contribution in [2.75, 3.05) is 0 Å². The lowest BCUT2D eigenvalue weighted by atomic mass is 10.1. The molecule has 0 amide bonds. The van der Waals surface area contributed by atoms with Crippen LogP contribution in [0.2, 0.25) is 0 Å². The van der Waals surface area contributed by atoms with E-state index in [1.165, 1.54) is 0 Å². The van der Waals surface area contributed by atoms with Crippen molar-refractivity contribution in [2.24, 2.45) is 11.8 Å². The van der Waals surface area contributed by atoms with E-state index in [-0.39, 0.29) is 11.8 Å². The molecule has 0 N–H and O–H groups in total. The topological polar surface area (TPSA) is 34.1 Å². The number of hydrogen-bond donors (Lipinski definition) is 0. The van der Waals surface area contributed by atoms with Crippen LogP contribution >= 0.6 is 0 Å². The third kappa shape index (κ3) is 1.59. The Hall–Kier alpha value is -1.61. The maximum absolute atomic E-state index is 13.1. The van der Waals surface area contributed by atoms with Crippen LogP contribution in [0, 0.1) is 11.8 Å². The van der Waals surface area contributed by atoms with Crippen LogP contribution < -0.4 is 0 Å². The fourth-order valence-electron chi connectivity index (χ4n) is 3.40. The predicted octanol–water partition coefficient (Wildman–Crippen LogP) is 3.64. The van der Waals surface area contributed by atoms with E-state index in [2.05, 4.69) is 0 Å². The number of rotatable bonds is 3. The molecule has 0 heterocycles. The van der Waals surface area contributed by atoms with Crippen LogP contribution in [0.1, 0.15) is 19.4 Å². The summed E-state index contributed by atoms with van der Waals surface area (Å²) in [6.45, 7) is 4.05. The predicted molar refractivity (Wildman–Crippen MR) is 80.1 cm³/mol. The normalized spacial score (nSPS) is 29.1. The van der Waals surface area contributed by atoms with Gasteiger partial charge in [0.25, 0.3) is 0 Å². The first-order valence-corrected chi connectivity index (χ1v) is 8.36. The van der Waals surface area contributed by atoms with Gasteiger partial charge in [-0.2, -0.15) is 0 Å². The maximum Gasteiger partial charge on any atom is 0.188 e. The highest BCUT2D eigenvalue weighted by molar-refractivity contribution is 7.92. The molecule has 0 bridgehead atoms. The van der Waals surface area contributed by atoms with Gasteiger partial charge in [0.1, 0.15) is 4.75 Å². The highest BCUT2D eigenvalue weighted by atomic mass is 32.2. The summed E-state index contributed by atoms with van der Waals surface area (Å²) < 4.78 is 25.5. The molecule has 20 heavy (non-hydrogen) atoms. The number of benzene rings is 2. The van der Waals surface area contributed by atoms with E-state index >= 15 is 0 Å². The van der Waals surface area contributed by atoms with Crippen molar-refractivity contribution < 1.29 is 8.42 Å². The van der Waals surface area contributed by atoms with Gasteiger partial charge in [-0.05, 0) is 29.5 Å². The van der Waals surface area contributed by atoms with Crippen LogP contribution in [0.4, 0.5) is 0 Å². The fraction of sp³-hybridized carbons (Fsp3) is 0.294. The Balaban J connectivity index is 2.20. The lowest BCUT2D eigenvalue weighted by Gasteiger charge is -2.19. The summed E-state index contributed by atoms with van der Waals surface area (Å²) >= 11 is 0. The fourth-order valence-corrected chi connectivity index (χ4v) is 6.07. The minimum atomic E-state index is -3.38. The molecular formula is C17H18O2S. The van der Waals surface area contributed by atoms with E-state index in [4.69, 9.17) is 0 Å². The van der Waals surface area contributed by atoms with Gasteiger partial charge in [-0.1, -0.05) is 62.4 Å². The zero-order valence-corrected chi connectivity index (χ0v) is 12.5. The summed E-state index contributed by atoms with van der Waals surface area (Å²) in [6.07, 6.45) is 0. The van der Waals surface area contributed by atoms with Gasteiger partial charge in [-0.25, -0.2) is 8.42 Å². The summed E-state index contributed by atoms with van der Waals surface area (Å²) in [5, 5.41) is 0. The van der Waals surface area contributed by atoms with E-state index in [1.54, 1.807) is 24.3 Å². The molecule has 3 atom stereocenters. The smallest absolute Gasteiger partial charge is 0.188 e. The molecule has 0 aliphatic heterocycles. The second-order valence-corrected chi connectivity index (χ2v) is 7.71. The monoisotopic (exact) mass is 286 g/mol. The van der Waals surface area contributed by atoms with Crippen LogP contribution in [0.25, 0.3) is 0 Å². The first-order valence-electron chi connectivity index (χ1n) is 6.88. The van der Waals surface area contributed by atoms with Gasteiger partial charge in [-0.15, -0.1) is 0 Å². The van der Waals surface area contributed by atoms with Gasteiger partial charge in [0.15, 0.2) is 9.84 Å². The highest BCUT2D eigenvalue weighted by Crippen LogP contribution is 2.64. The van der Waals surface area contributed by atoms with E-state index in [1.807, 2.05) is 50.2 Å². The van der Waals surface area contributed by atoms with Crippen LogP contribution in [-0.4, -0.2) is 8.42 Å². The van der Waals surface area contributed by atoms with Crippen molar-refractivity contribution in [1.82, 2.24) is 0 Å². The van der Waals surface area contributed by atoms with Crippen molar-refractivity contribution in [3.8, 4) is 0 Å². The molecule has 1 aliphatic carbocycles. The Labute approximate surface area is 120 Å². The van der Waals surface area contributed by atoms with Crippen LogP contribution in [0.15, 0.2) is 65.6 Å². The van der Waals surface area contributed by atoms with Crippen molar-refractivity contribution in [1.29, 1.82) is 0 Å². The zero-order chi connectivity index (χ0) is 14.4. The molecule has 1 saturated carbocycles. The van der Waals surface area contributed by atoms with Crippen molar-refractivity contribution in [2.45, 2.75) is 23.5 Å². The van der Waals surface area contributed by atoms with Crippen molar-refractivity contribution >= 4 is 9.84 Å². The minimum Gasteiger partial charge on any atom is -0.223 e. The van der Waals surface area contributed by atoms with Gasteiger partial charge >= 0.3 is 0 Å². The first-order chi connectivity index (χ1) is 9.53. The Bertz CT molecular complexity index is 697. The van der Waals surface area contributed by atoms with Crippen molar-refractivity contribution in [3.63, 3.8) is 0 Å². The Morgan fingerprint density at radius 2 is 1.25 bits per heavy atom. The zero-order valence-electron chi connectivity index (χ0n) is 11.7. The molecule has 0 aromatic heterocycles. The van der Waals surface area contributed by atoms with Gasteiger partial charge in [0.05, 0.1) is 4.90 Å². The van der Waals surface area contributed by atoms with Crippen LogP contribution in [0.5, 0.6) is 0 Å². The molecule has 2 aromatic rings. The lowest BCUT2D eigenvalue weighted by molar-refractivity contribution is 0.571. The van der Waals surface area contributed by atoms with E-state index in [9.17, 15) is 8.42 Å². The molecule has 1 fully saturated rings. The Morgan fingerprint density at radius 3 is 1.70 bits per heavy atom. The molecule has 2 aromatic carbocycles. The summed E-state index contributed by atoms with van der Waals surface area (Å²) in [5.41, 5.74) is 0.906. The molecule has 3 rings (SSSR count). The van der Waals surface area contributed by atoms with Crippen LogP contribution in [-0.2, 0) is 14.6 Å². The number of hydrogen-bond acceptors (Lipinski definition) is 2. The third-order valence-electron chi connectivity index (χ3n) is 4.72. The molecule has 3 heteroatoms. The molecule has 0 radical (unpaired) electrons. The minimum absolute atomic E-state index is 0.134. The molecule has 104 valence electrons. The first kappa shape index (κ1) is 13.4. The summed E-state index contributed by atoms with van der Waals surface area (Å²) in [5.74, 6) is 0.269. The van der Waals surface area contributed by atoms with Crippen molar-refractivity contribution in [3.05, 3.63) is 66.2 Å². The molecule has 0 spiro atoms. The molecule has 0 unspecified atom stereocenters. The average Bonchev–Trinajstić information content (AvgIpc) is 3.04. The SMILES string of the molecule is C[C@@H]1[C@H](C)[C@@]1(c1ccccc1)S(=O)(=O)c1ccccc1. The molecule has 2 nitrogen and oxygen atoms in total. The second-order valence-electron chi connectivity index (χ2n) is 5.55. The highest BCUT2D eigenvalue weighted by Gasteiger charge is 2.68. The van der Waals surface area contributed by atoms with Gasteiger partial charge < -0.3 is 0 Å². The Kier molecular flexibility index (Phi) is 2.98. The second kappa shape index (κ2) is 4.45. The van der Waals surface area contributed by atoms with Gasteiger partial charge in [0, 0.05) is 0 Å².